The number of aryl methyl sites for hydroxylation is 2. The van der Waals surface area contributed by atoms with Crippen LogP contribution in [-0.2, 0) is 4.79 Å². The van der Waals surface area contributed by atoms with Crippen molar-refractivity contribution < 1.29 is 9.32 Å². The number of amides is 1. The number of hydrogen-bond acceptors (Lipinski definition) is 7. The fourth-order valence-electron chi connectivity index (χ4n) is 3.76. The average Bonchev–Trinajstić information content (AvgIpc) is 3.31. The van der Waals surface area contributed by atoms with E-state index in [2.05, 4.69) is 50.0 Å². The quantitative estimate of drug-likeness (QED) is 0.335. The number of nitriles is 1. The lowest BCUT2D eigenvalue weighted by Gasteiger charge is -2.19. The molecule has 2 aromatic heterocycles. The summed E-state index contributed by atoms with van der Waals surface area (Å²) in [6.07, 6.45) is 2.02. The van der Waals surface area contributed by atoms with E-state index in [-0.39, 0.29) is 24.8 Å². The second-order valence-electron chi connectivity index (χ2n) is 8.24. The number of nitrogens with one attached hydrogen (secondary N) is 2. The maximum Gasteiger partial charge on any atom is 0.258 e. The zero-order chi connectivity index (χ0) is 24.8. The van der Waals surface area contributed by atoms with E-state index in [0.717, 1.165) is 27.8 Å². The second-order valence-corrected chi connectivity index (χ2v) is 8.24. The van der Waals surface area contributed by atoms with Crippen LogP contribution in [0.4, 0.5) is 11.5 Å². The van der Waals surface area contributed by atoms with Crippen molar-refractivity contribution in [3.05, 3.63) is 77.7 Å². The van der Waals surface area contributed by atoms with E-state index in [1.807, 2.05) is 50.2 Å². The molecular weight excluding hydrogens is 440 g/mol. The van der Waals surface area contributed by atoms with Crippen molar-refractivity contribution >= 4 is 17.4 Å². The van der Waals surface area contributed by atoms with Crippen LogP contribution in [0.3, 0.4) is 0 Å². The third kappa shape index (κ3) is 5.53. The maximum absolute atomic E-state index is 12.2. The summed E-state index contributed by atoms with van der Waals surface area (Å²) >= 11 is 0. The predicted molar refractivity (Wildman–Crippen MR) is 134 cm³/mol. The molecule has 2 N–H and O–H groups in total. The zero-order valence-electron chi connectivity index (χ0n) is 19.9. The van der Waals surface area contributed by atoms with Crippen LogP contribution >= 0.6 is 0 Å². The summed E-state index contributed by atoms with van der Waals surface area (Å²) in [6, 6.07) is 19.9. The van der Waals surface area contributed by atoms with Crippen molar-refractivity contribution in [3.8, 4) is 28.7 Å². The number of pyridine rings is 1. The topological polar surface area (TPSA) is 117 Å². The summed E-state index contributed by atoms with van der Waals surface area (Å²) in [7, 11) is 0. The van der Waals surface area contributed by atoms with Crippen LogP contribution in [0.2, 0.25) is 0 Å². The zero-order valence-corrected chi connectivity index (χ0v) is 19.9. The van der Waals surface area contributed by atoms with Gasteiger partial charge in [-0.1, -0.05) is 47.6 Å². The van der Waals surface area contributed by atoms with Crippen molar-refractivity contribution in [1.82, 2.24) is 15.1 Å². The number of benzene rings is 2. The molecule has 8 heteroatoms. The number of nitrogens with zero attached hydrogens (tertiary/aromatic N) is 4. The Kier molecular flexibility index (Phi) is 7.17. The molecule has 176 valence electrons. The molecule has 1 atom stereocenters. The van der Waals surface area contributed by atoms with Crippen LogP contribution in [0.15, 0.2) is 65.3 Å². The van der Waals surface area contributed by atoms with Crippen LogP contribution in [0.25, 0.3) is 22.6 Å². The van der Waals surface area contributed by atoms with E-state index >= 15 is 0 Å². The Labute approximate surface area is 204 Å². The Hall–Kier alpha value is -4.51. The van der Waals surface area contributed by atoms with Crippen molar-refractivity contribution in [3.63, 3.8) is 0 Å². The molecule has 0 aliphatic rings. The van der Waals surface area contributed by atoms with Crippen LogP contribution in [0, 0.1) is 25.2 Å². The van der Waals surface area contributed by atoms with E-state index in [9.17, 15) is 4.79 Å². The summed E-state index contributed by atoms with van der Waals surface area (Å²) in [5, 5.41) is 18.9. The molecule has 0 spiro atoms. The SMILES string of the molecule is Cc1noc(-c2ccccc2-c2ccc(C(C)Nc3nccc(C)c3NC(=O)CCC#N)cc2)n1. The molecule has 4 aromatic rings. The molecule has 2 heterocycles. The van der Waals surface area contributed by atoms with E-state index in [4.69, 9.17) is 9.78 Å². The molecule has 0 aliphatic carbocycles. The number of carbonyl (C=O) groups is 1. The minimum Gasteiger partial charge on any atom is -0.362 e. The van der Waals surface area contributed by atoms with Gasteiger partial charge in [-0.15, -0.1) is 0 Å². The highest BCUT2D eigenvalue weighted by Gasteiger charge is 2.16. The van der Waals surface area contributed by atoms with Crippen molar-refractivity contribution in [2.75, 3.05) is 10.6 Å². The second kappa shape index (κ2) is 10.6. The lowest BCUT2D eigenvalue weighted by Crippen LogP contribution is -2.16. The molecule has 1 amide bonds. The first-order valence-electron chi connectivity index (χ1n) is 11.3. The van der Waals surface area contributed by atoms with Gasteiger partial charge in [0.25, 0.3) is 5.89 Å². The van der Waals surface area contributed by atoms with E-state index in [1.165, 1.54) is 0 Å². The number of hydrogen-bond donors (Lipinski definition) is 2. The monoisotopic (exact) mass is 466 g/mol. The Morgan fingerprint density at radius 3 is 2.51 bits per heavy atom. The van der Waals surface area contributed by atoms with Crippen LogP contribution in [-0.4, -0.2) is 21.0 Å². The first-order valence-corrected chi connectivity index (χ1v) is 11.3. The molecular formula is C27H26N6O2. The molecule has 0 saturated heterocycles. The van der Waals surface area contributed by atoms with Gasteiger partial charge in [-0.2, -0.15) is 10.2 Å². The standard InChI is InChI=1S/C27H26N6O2/c1-17-14-16-29-26(25(17)32-24(34)9-6-15-28)30-18(2)20-10-12-21(13-11-20)22-7-4-5-8-23(22)27-31-19(3)33-35-27/h4-5,7-8,10-14,16,18H,6,9H2,1-3H3,(H,29,30)(H,32,34). The molecule has 0 radical (unpaired) electrons. The maximum atomic E-state index is 12.2. The number of carbonyl (C=O) groups excluding carboxylic acids is 1. The fraction of sp³-hybridized carbons (Fsp3) is 0.222. The highest BCUT2D eigenvalue weighted by molar-refractivity contribution is 5.94. The summed E-state index contributed by atoms with van der Waals surface area (Å²) in [6.45, 7) is 5.75. The number of anilines is 2. The highest BCUT2D eigenvalue weighted by atomic mass is 16.5. The molecule has 0 bridgehead atoms. The van der Waals surface area contributed by atoms with Gasteiger partial charge in [0.2, 0.25) is 5.91 Å². The Morgan fingerprint density at radius 1 is 1.09 bits per heavy atom. The molecule has 4 rings (SSSR count). The third-order valence-corrected chi connectivity index (χ3v) is 5.65. The van der Waals surface area contributed by atoms with Gasteiger partial charge < -0.3 is 15.2 Å². The van der Waals surface area contributed by atoms with Gasteiger partial charge in [-0.05, 0) is 55.2 Å². The number of rotatable bonds is 8. The van der Waals surface area contributed by atoms with Gasteiger partial charge in [0.1, 0.15) is 0 Å². The predicted octanol–water partition coefficient (Wildman–Crippen LogP) is 5.83. The summed E-state index contributed by atoms with van der Waals surface area (Å²) in [4.78, 5) is 21.0. The first-order chi connectivity index (χ1) is 17.0. The van der Waals surface area contributed by atoms with Gasteiger partial charge in [-0.25, -0.2) is 4.98 Å². The van der Waals surface area contributed by atoms with Gasteiger partial charge in [0.15, 0.2) is 11.6 Å². The molecule has 2 aromatic carbocycles. The van der Waals surface area contributed by atoms with Gasteiger partial charge in [0.05, 0.1) is 17.8 Å². The van der Waals surface area contributed by atoms with Crippen molar-refractivity contribution in [2.45, 2.75) is 39.7 Å². The van der Waals surface area contributed by atoms with Gasteiger partial charge in [0, 0.05) is 24.6 Å². The lowest BCUT2D eigenvalue weighted by atomic mass is 9.97. The van der Waals surface area contributed by atoms with E-state index in [0.29, 0.717) is 23.2 Å². The highest BCUT2D eigenvalue weighted by Crippen LogP contribution is 2.33. The van der Waals surface area contributed by atoms with Crippen LogP contribution in [0.5, 0.6) is 0 Å². The minimum absolute atomic E-state index is 0.0676. The largest absolute Gasteiger partial charge is 0.362 e. The van der Waals surface area contributed by atoms with Gasteiger partial charge in [-0.3, -0.25) is 4.79 Å². The third-order valence-electron chi connectivity index (χ3n) is 5.65. The average molecular weight is 467 g/mol. The Bertz CT molecular complexity index is 1370. The molecule has 0 aliphatic heterocycles. The lowest BCUT2D eigenvalue weighted by molar-refractivity contribution is -0.116. The van der Waals surface area contributed by atoms with Crippen molar-refractivity contribution in [2.24, 2.45) is 0 Å². The molecule has 0 saturated carbocycles. The fourth-order valence-corrected chi connectivity index (χ4v) is 3.76. The Balaban J connectivity index is 1.54. The summed E-state index contributed by atoms with van der Waals surface area (Å²) < 4.78 is 5.39. The smallest absolute Gasteiger partial charge is 0.258 e. The molecule has 8 nitrogen and oxygen atoms in total. The molecule has 1 unspecified atom stereocenters. The minimum atomic E-state index is -0.210. The van der Waals surface area contributed by atoms with E-state index in [1.54, 1.807) is 13.1 Å². The molecule has 35 heavy (non-hydrogen) atoms. The van der Waals surface area contributed by atoms with E-state index < -0.39 is 0 Å². The normalized spacial score (nSPS) is 11.5. The van der Waals surface area contributed by atoms with Crippen LogP contribution in [0.1, 0.15) is 42.8 Å². The van der Waals surface area contributed by atoms with Crippen molar-refractivity contribution in [1.29, 1.82) is 5.26 Å². The number of aromatic nitrogens is 3. The summed E-state index contributed by atoms with van der Waals surface area (Å²) in [5.41, 5.74) is 5.50. The van der Waals surface area contributed by atoms with Crippen LogP contribution < -0.4 is 10.6 Å². The first kappa shape index (κ1) is 23.6. The molecule has 0 fully saturated rings. The Morgan fingerprint density at radius 2 is 1.83 bits per heavy atom. The van der Waals surface area contributed by atoms with Gasteiger partial charge >= 0.3 is 0 Å². The summed E-state index contributed by atoms with van der Waals surface area (Å²) in [5.74, 6) is 1.46.